The number of aromatic nitrogens is 2. The summed E-state index contributed by atoms with van der Waals surface area (Å²) in [6.07, 6.45) is 2.20. The van der Waals surface area contributed by atoms with Crippen LogP contribution in [0.1, 0.15) is 57.1 Å². The Morgan fingerprint density at radius 2 is 1.56 bits per heavy atom. The van der Waals surface area contributed by atoms with Crippen molar-refractivity contribution >= 4 is 5.65 Å². The molecule has 2 nitrogen and oxygen atoms in total. The number of nitrogens with zero attached hydrogens (tertiary/aromatic N) is 2. The van der Waals surface area contributed by atoms with E-state index >= 15 is 0 Å². The maximum absolute atomic E-state index is 4.64. The van der Waals surface area contributed by atoms with Gasteiger partial charge in [-0.25, -0.2) is 4.98 Å². The zero-order valence-electron chi connectivity index (χ0n) is 13.0. The Bertz CT molecular complexity index is 542. The normalized spacial score (nSPS) is 11.3. The third-order valence-electron chi connectivity index (χ3n) is 3.11. The van der Waals surface area contributed by atoms with Crippen LogP contribution >= 0.6 is 0 Å². The molecule has 0 saturated heterocycles. The van der Waals surface area contributed by atoms with Gasteiger partial charge in [-0.1, -0.05) is 34.6 Å². The molecule has 0 spiro atoms. The number of pyridine rings is 1. The van der Waals surface area contributed by atoms with Crippen LogP contribution in [0.3, 0.4) is 0 Å². The number of hydrogen-bond donors (Lipinski definition) is 0. The lowest BCUT2D eigenvalue weighted by atomic mass is 9.91. The van der Waals surface area contributed by atoms with Crippen LogP contribution in [0.2, 0.25) is 0 Å². The molecule has 0 saturated carbocycles. The van der Waals surface area contributed by atoms with E-state index in [1.54, 1.807) is 0 Å². The third kappa shape index (κ3) is 2.58. The standard InChI is InChI=1S/C14H20N2.C2H6/c1-9-7-12-15-11(3)13(14(4,5)6)16(12)8-10(9)2;1-2/h7-8H,1-6H3;1-2H3. The lowest BCUT2D eigenvalue weighted by Gasteiger charge is -2.19. The lowest BCUT2D eigenvalue weighted by Crippen LogP contribution is -2.15. The first-order chi connectivity index (χ1) is 8.30. The Hall–Kier alpha value is -1.31. The summed E-state index contributed by atoms with van der Waals surface area (Å²) in [6, 6.07) is 2.16. The van der Waals surface area contributed by atoms with Crippen molar-refractivity contribution in [2.45, 2.75) is 60.8 Å². The van der Waals surface area contributed by atoms with Gasteiger partial charge in [-0.15, -0.1) is 0 Å². The molecule has 0 aliphatic rings. The Balaban J connectivity index is 0.000000771. The van der Waals surface area contributed by atoms with Gasteiger partial charge in [0.2, 0.25) is 0 Å². The molecule has 100 valence electrons. The Morgan fingerprint density at radius 3 is 2.06 bits per heavy atom. The van der Waals surface area contributed by atoms with E-state index in [2.05, 4.69) is 63.2 Å². The molecule has 2 heterocycles. The van der Waals surface area contributed by atoms with E-state index in [0.29, 0.717) is 0 Å². The Morgan fingerprint density at radius 1 is 1.00 bits per heavy atom. The van der Waals surface area contributed by atoms with Gasteiger partial charge in [0.15, 0.2) is 0 Å². The molecule has 0 radical (unpaired) electrons. The molecule has 0 atom stereocenters. The van der Waals surface area contributed by atoms with Crippen molar-refractivity contribution in [3.05, 3.63) is 34.8 Å². The van der Waals surface area contributed by atoms with Gasteiger partial charge in [0.1, 0.15) is 5.65 Å². The minimum atomic E-state index is 0.130. The highest BCUT2D eigenvalue weighted by Gasteiger charge is 2.22. The van der Waals surface area contributed by atoms with E-state index in [4.69, 9.17) is 0 Å². The van der Waals surface area contributed by atoms with Crippen LogP contribution in [0.5, 0.6) is 0 Å². The molecule has 0 unspecified atom stereocenters. The fourth-order valence-corrected chi connectivity index (χ4v) is 2.31. The van der Waals surface area contributed by atoms with Crippen molar-refractivity contribution in [3.63, 3.8) is 0 Å². The van der Waals surface area contributed by atoms with Crippen LogP contribution in [0.4, 0.5) is 0 Å². The van der Waals surface area contributed by atoms with Gasteiger partial charge in [0.05, 0.1) is 11.4 Å². The van der Waals surface area contributed by atoms with Crippen molar-refractivity contribution in [1.29, 1.82) is 0 Å². The van der Waals surface area contributed by atoms with E-state index in [-0.39, 0.29) is 5.41 Å². The highest BCUT2D eigenvalue weighted by atomic mass is 15.0. The molecule has 0 N–H and O–H groups in total. The Kier molecular flexibility index (Phi) is 4.20. The summed E-state index contributed by atoms with van der Waals surface area (Å²) < 4.78 is 2.23. The fraction of sp³-hybridized carbons (Fsp3) is 0.562. The van der Waals surface area contributed by atoms with Crippen LogP contribution in [0.15, 0.2) is 12.3 Å². The van der Waals surface area contributed by atoms with Crippen LogP contribution in [0, 0.1) is 20.8 Å². The van der Waals surface area contributed by atoms with Crippen LogP contribution in [-0.4, -0.2) is 9.38 Å². The van der Waals surface area contributed by atoms with Crippen molar-refractivity contribution in [2.75, 3.05) is 0 Å². The van der Waals surface area contributed by atoms with E-state index < -0.39 is 0 Å². The SMILES string of the molecule is CC.Cc1cc2nc(C)c(C(C)(C)C)n2cc1C. The fourth-order valence-electron chi connectivity index (χ4n) is 2.31. The maximum Gasteiger partial charge on any atom is 0.137 e. The number of fused-ring (bicyclic) bond motifs is 1. The number of imidazole rings is 1. The summed E-state index contributed by atoms with van der Waals surface area (Å²) >= 11 is 0. The number of hydrogen-bond acceptors (Lipinski definition) is 1. The zero-order chi connectivity index (χ0) is 14.1. The second-order valence-electron chi connectivity index (χ2n) is 5.66. The highest BCUT2D eigenvalue weighted by molar-refractivity contribution is 5.49. The molecule has 0 amide bonds. The maximum atomic E-state index is 4.64. The van der Waals surface area contributed by atoms with Gasteiger partial charge in [0.25, 0.3) is 0 Å². The third-order valence-corrected chi connectivity index (χ3v) is 3.11. The molecule has 2 rings (SSSR count). The van der Waals surface area contributed by atoms with Crippen LogP contribution in [-0.2, 0) is 5.41 Å². The van der Waals surface area contributed by atoms with Crippen molar-refractivity contribution in [3.8, 4) is 0 Å². The monoisotopic (exact) mass is 246 g/mol. The Labute approximate surface area is 111 Å². The van der Waals surface area contributed by atoms with Crippen molar-refractivity contribution in [1.82, 2.24) is 9.38 Å². The first-order valence-electron chi connectivity index (χ1n) is 6.77. The summed E-state index contributed by atoms with van der Waals surface area (Å²) in [6.45, 7) is 17.1. The highest BCUT2D eigenvalue weighted by Crippen LogP contribution is 2.27. The first kappa shape index (κ1) is 14.7. The van der Waals surface area contributed by atoms with Crippen molar-refractivity contribution in [2.24, 2.45) is 0 Å². The topological polar surface area (TPSA) is 17.3 Å². The zero-order valence-corrected chi connectivity index (χ0v) is 13.0. The van der Waals surface area contributed by atoms with Gasteiger partial charge in [-0.05, 0) is 38.0 Å². The van der Waals surface area contributed by atoms with Gasteiger partial charge >= 0.3 is 0 Å². The molecule has 0 aliphatic heterocycles. The molecule has 18 heavy (non-hydrogen) atoms. The second kappa shape index (κ2) is 5.13. The average molecular weight is 246 g/mol. The minimum Gasteiger partial charge on any atom is -0.303 e. The molecule has 0 aromatic carbocycles. The number of aryl methyl sites for hydroxylation is 3. The summed E-state index contributed by atoms with van der Waals surface area (Å²) in [4.78, 5) is 4.64. The molecule has 2 heteroatoms. The molecule has 0 fully saturated rings. The second-order valence-corrected chi connectivity index (χ2v) is 5.66. The quantitative estimate of drug-likeness (QED) is 0.665. The predicted molar refractivity (Wildman–Crippen MR) is 79.5 cm³/mol. The lowest BCUT2D eigenvalue weighted by molar-refractivity contribution is 0.559. The van der Waals surface area contributed by atoms with Gasteiger partial charge in [0, 0.05) is 11.6 Å². The summed E-state index contributed by atoms with van der Waals surface area (Å²) in [5.74, 6) is 0. The van der Waals surface area contributed by atoms with Crippen molar-refractivity contribution < 1.29 is 0 Å². The van der Waals surface area contributed by atoms with Crippen LogP contribution in [0.25, 0.3) is 5.65 Å². The van der Waals surface area contributed by atoms with E-state index in [0.717, 1.165) is 11.3 Å². The summed E-state index contributed by atoms with van der Waals surface area (Å²) in [5, 5.41) is 0. The first-order valence-corrected chi connectivity index (χ1v) is 6.77. The number of rotatable bonds is 0. The molecule has 2 aromatic rings. The molecule has 0 bridgehead atoms. The van der Waals surface area contributed by atoms with E-state index in [1.807, 2.05) is 13.8 Å². The van der Waals surface area contributed by atoms with E-state index in [9.17, 15) is 0 Å². The summed E-state index contributed by atoms with van der Waals surface area (Å²) in [7, 11) is 0. The predicted octanol–water partition coefficient (Wildman–Crippen LogP) is 4.58. The van der Waals surface area contributed by atoms with E-state index in [1.165, 1.54) is 16.8 Å². The molecule has 2 aromatic heterocycles. The summed E-state index contributed by atoms with van der Waals surface area (Å²) in [5.41, 5.74) is 6.26. The van der Waals surface area contributed by atoms with Gasteiger partial charge in [-0.2, -0.15) is 0 Å². The largest absolute Gasteiger partial charge is 0.303 e. The molecule has 0 aliphatic carbocycles. The molecular formula is C16H26N2. The smallest absolute Gasteiger partial charge is 0.137 e. The van der Waals surface area contributed by atoms with Crippen LogP contribution < -0.4 is 0 Å². The van der Waals surface area contributed by atoms with Gasteiger partial charge in [-0.3, -0.25) is 0 Å². The van der Waals surface area contributed by atoms with Gasteiger partial charge < -0.3 is 4.40 Å². The molecular weight excluding hydrogens is 220 g/mol. The minimum absolute atomic E-state index is 0.130. The average Bonchev–Trinajstić information content (AvgIpc) is 2.57.